The molecule has 22 heavy (non-hydrogen) atoms. The van der Waals surface area contributed by atoms with Gasteiger partial charge in [0.05, 0.1) is 17.3 Å². The van der Waals surface area contributed by atoms with E-state index in [0.29, 0.717) is 23.9 Å². The van der Waals surface area contributed by atoms with Crippen molar-refractivity contribution >= 4 is 17.5 Å². The molecule has 1 saturated heterocycles. The van der Waals surface area contributed by atoms with Crippen molar-refractivity contribution in [3.05, 3.63) is 22.7 Å². The largest absolute Gasteiger partial charge is 0.392 e. The minimum absolute atomic E-state index is 0.141. The number of aliphatic hydroxyl groups excluding tert-OH is 1. The van der Waals surface area contributed by atoms with Crippen LogP contribution in [-0.2, 0) is 0 Å². The molecule has 1 N–H and O–H groups in total. The first kappa shape index (κ1) is 15.7. The molecule has 1 amide bonds. The Morgan fingerprint density at radius 2 is 2.00 bits per heavy atom. The fourth-order valence-corrected chi connectivity index (χ4v) is 3.70. The van der Waals surface area contributed by atoms with Crippen LogP contribution in [0.25, 0.3) is 0 Å². The number of carbonyl (C=O) groups excluding carboxylic acids is 1. The molecule has 2 aliphatic rings. The first-order chi connectivity index (χ1) is 10.5. The summed E-state index contributed by atoms with van der Waals surface area (Å²) in [6, 6.07) is 0. The standard InChI is InChI=1S/C16H22ClN3O2/c1-9(2)15-18-6-12(17)13(19-15)16(22)20-7-10-4-3-5-11(8-20)14(10)21/h6,9-11,14,21H,3-5,7-8H2,1-2H3. The zero-order chi connectivity index (χ0) is 15.9. The van der Waals surface area contributed by atoms with Gasteiger partial charge in [-0.15, -0.1) is 0 Å². The lowest BCUT2D eigenvalue weighted by molar-refractivity contribution is -0.0414. The molecule has 1 saturated carbocycles. The maximum Gasteiger partial charge on any atom is 0.274 e. The molecule has 0 radical (unpaired) electrons. The lowest BCUT2D eigenvalue weighted by Gasteiger charge is -2.44. The van der Waals surface area contributed by atoms with Crippen LogP contribution >= 0.6 is 11.6 Å². The third kappa shape index (κ3) is 2.84. The summed E-state index contributed by atoms with van der Waals surface area (Å²) in [5, 5.41) is 10.5. The molecular formula is C16H22ClN3O2. The predicted molar refractivity (Wildman–Crippen MR) is 83.9 cm³/mol. The van der Waals surface area contributed by atoms with Crippen LogP contribution in [0.3, 0.4) is 0 Å². The smallest absolute Gasteiger partial charge is 0.274 e. The van der Waals surface area contributed by atoms with Crippen LogP contribution in [0.4, 0.5) is 0 Å². The maximum atomic E-state index is 12.8. The van der Waals surface area contributed by atoms with E-state index in [2.05, 4.69) is 9.97 Å². The van der Waals surface area contributed by atoms with Crippen molar-refractivity contribution in [2.45, 2.75) is 45.1 Å². The fourth-order valence-electron chi connectivity index (χ4n) is 3.53. The summed E-state index contributed by atoms with van der Waals surface area (Å²) in [5.41, 5.74) is 0.287. The number of piperidine rings is 1. The Morgan fingerprint density at radius 3 is 2.59 bits per heavy atom. The van der Waals surface area contributed by atoms with Gasteiger partial charge < -0.3 is 10.0 Å². The predicted octanol–water partition coefficient (Wildman–Crippen LogP) is 2.49. The summed E-state index contributed by atoms with van der Waals surface area (Å²) in [6.07, 6.45) is 4.34. The normalized spacial score (nSPS) is 28.0. The summed E-state index contributed by atoms with van der Waals surface area (Å²) in [4.78, 5) is 23.2. The van der Waals surface area contributed by atoms with Gasteiger partial charge in [-0.3, -0.25) is 4.79 Å². The van der Waals surface area contributed by atoms with Crippen molar-refractivity contribution in [3.63, 3.8) is 0 Å². The fraction of sp³-hybridized carbons (Fsp3) is 0.688. The van der Waals surface area contributed by atoms with Crippen molar-refractivity contribution < 1.29 is 9.90 Å². The SMILES string of the molecule is CC(C)c1ncc(Cl)c(C(=O)N2CC3CCCC(C2)C3O)n1. The number of hydrogen-bond acceptors (Lipinski definition) is 4. The molecule has 5 nitrogen and oxygen atoms in total. The van der Waals surface area contributed by atoms with Crippen LogP contribution in [0.1, 0.15) is 55.3 Å². The minimum atomic E-state index is -0.273. The van der Waals surface area contributed by atoms with E-state index in [1.807, 2.05) is 13.8 Å². The molecule has 2 unspecified atom stereocenters. The van der Waals surface area contributed by atoms with Crippen LogP contribution in [-0.4, -0.2) is 45.1 Å². The van der Waals surface area contributed by atoms with Crippen molar-refractivity contribution in [2.24, 2.45) is 11.8 Å². The summed E-state index contributed by atoms with van der Waals surface area (Å²) in [7, 11) is 0. The first-order valence-corrected chi connectivity index (χ1v) is 8.35. The van der Waals surface area contributed by atoms with Crippen molar-refractivity contribution in [2.75, 3.05) is 13.1 Å². The molecule has 6 heteroatoms. The zero-order valence-electron chi connectivity index (χ0n) is 13.0. The van der Waals surface area contributed by atoms with E-state index < -0.39 is 0 Å². The molecule has 2 heterocycles. The van der Waals surface area contributed by atoms with Crippen molar-refractivity contribution in [1.29, 1.82) is 0 Å². The average molecular weight is 324 g/mol. The monoisotopic (exact) mass is 323 g/mol. The molecule has 0 spiro atoms. The second kappa shape index (κ2) is 6.13. The third-order valence-electron chi connectivity index (χ3n) is 4.79. The Morgan fingerprint density at radius 1 is 1.36 bits per heavy atom. The zero-order valence-corrected chi connectivity index (χ0v) is 13.8. The Labute approximate surface area is 135 Å². The summed E-state index contributed by atoms with van der Waals surface area (Å²) in [6.45, 7) is 5.15. The van der Waals surface area contributed by atoms with Gasteiger partial charge in [0.15, 0.2) is 5.69 Å². The molecule has 2 atom stereocenters. The van der Waals surface area contributed by atoms with E-state index in [1.54, 1.807) is 4.90 Å². The maximum absolute atomic E-state index is 12.8. The number of halogens is 1. The van der Waals surface area contributed by atoms with Gasteiger partial charge in [0.25, 0.3) is 5.91 Å². The highest BCUT2D eigenvalue weighted by Gasteiger charge is 2.40. The quantitative estimate of drug-likeness (QED) is 0.908. The van der Waals surface area contributed by atoms with E-state index in [1.165, 1.54) is 6.20 Å². The number of nitrogens with zero attached hydrogens (tertiary/aromatic N) is 3. The number of aliphatic hydroxyl groups is 1. The third-order valence-corrected chi connectivity index (χ3v) is 5.07. The number of rotatable bonds is 2. The van der Waals surface area contributed by atoms with Gasteiger partial charge in [0.1, 0.15) is 5.82 Å². The van der Waals surface area contributed by atoms with Crippen LogP contribution in [0, 0.1) is 11.8 Å². The highest BCUT2D eigenvalue weighted by molar-refractivity contribution is 6.33. The van der Waals surface area contributed by atoms with Crippen LogP contribution in [0.5, 0.6) is 0 Å². The van der Waals surface area contributed by atoms with Gasteiger partial charge in [-0.05, 0) is 12.8 Å². The number of hydrogen-bond donors (Lipinski definition) is 1. The molecule has 1 aromatic rings. The van der Waals surface area contributed by atoms with Crippen LogP contribution < -0.4 is 0 Å². The van der Waals surface area contributed by atoms with Crippen LogP contribution in [0.2, 0.25) is 5.02 Å². The highest BCUT2D eigenvalue weighted by atomic mass is 35.5. The van der Waals surface area contributed by atoms with Gasteiger partial charge in [0.2, 0.25) is 0 Å². The lowest BCUT2D eigenvalue weighted by atomic mass is 9.75. The van der Waals surface area contributed by atoms with Gasteiger partial charge in [-0.1, -0.05) is 31.9 Å². The molecular weight excluding hydrogens is 302 g/mol. The molecule has 2 bridgehead atoms. The Bertz CT molecular complexity index is 565. The van der Waals surface area contributed by atoms with Gasteiger partial charge in [-0.2, -0.15) is 0 Å². The number of amides is 1. The molecule has 1 aliphatic carbocycles. The highest BCUT2D eigenvalue weighted by Crippen LogP contribution is 2.35. The number of carbonyl (C=O) groups is 1. The summed E-state index contributed by atoms with van der Waals surface area (Å²) in [5.74, 6) is 0.998. The average Bonchev–Trinajstić information content (AvgIpc) is 2.46. The number of fused-ring (bicyclic) bond motifs is 2. The molecule has 1 aromatic heterocycles. The van der Waals surface area contributed by atoms with Crippen LogP contribution in [0.15, 0.2) is 6.20 Å². The Kier molecular flexibility index (Phi) is 4.37. The topological polar surface area (TPSA) is 66.3 Å². The minimum Gasteiger partial charge on any atom is -0.392 e. The summed E-state index contributed by atoms with van der Waals surface area (Å²) < 4.78 is 0. The second-order valence-electron chi connectivity index (χ2n) is 6.73. The van der Waals surface area contributed by atoms with E-state index in [-0.39, 0.29) is 35.5 Å². The van der Waals surface area contributed by atoms with E-state index in [4.69, 9.17) is 11.6 Å². The van der Waals surface area contributed by atoms with Crippen molar-refractivity contribution in [1.82, 2.24) is 14.9 Å². The second-order valence-corrected chi connectivity index (χ2v) is 7.14. The lowest BCUT2D eigenvalue weighted by Crippen LogP contribution is -2.53. The molecule has 2 fully saturated rings. The molecule has 120 valence electrons. The van der Waals surface area contributed by atoms with Gasteiger partial charge >= 0.3 is 0 Å². The number of aromatic nitrogens is 2. The van der Waals surface area contributed by atoms with E-state index >= 15 is 0 Å². The summed E-state index contributed by atoms with van der Waals surface area (Å²) >= 11 is 6.14. The first-order valence-electron chi connectivity index (χ1n) is 7.97. The van der Waals surface area contributed by atoms with Crippen molar-refractivity contribution in [3.8, 4) is 0 Å². The van der Waals surface area contributed by atoms with E-state index in [9.17, 15) is 9.90 Å². The van der Waals surface area contributed by atoms with E-state index in [0.717, 1.165) is 19.3 Å². The number of likely N-dealkylation sites (tertiary alicyclic amines) is 1. The molecule has 0 aromatic carbocycles. The van der Waals surface area contributed by atoms with Gasteiger partial charge in [0, 0.05) is 30.8 Å². The van der Waals surface area contributed by atoms with Gasteiger partial charge in [-0.25, -0.2) is 9.97 Å². The molecule has 1 aliphatic heterocycles. The Hall–Kier alpha value is -1.20. The molecule has 3 rings (SSSR count). The Balaban J connectivity index is 1.84.